The maximum absolute atomic E-state index is 12.1. The number of halogens is 1. The van der Waals surface area contributed by atoms with Crippen LogP contribution in [-0.4, -0.2) is 23.4 Å². The van der Waals surface area contributed by atoms with Gasteiger partial charge in [0.25, 0.3) is 11.8 Å². The first-order valence-electron chi connectivity index (χ1n) is 6.12. The lowest BCUT2D eigenvalue weighted by Crippen LogP contribution is -2.25. The van der Waals surface area contributed by atoms with Crippen molar-refractivity contribution >= 4 is 34.9 Å². The van der Waals surface area contributed by atoms with E-state index in [1.165, 1.54) is 0 Å². The molecule has 21 heavy (non-hydrogen) atoms. The third-order valence-corrected chi connectivity index (χ3v) is 3.04. The normalized spacial score (nSPS) is 12.9. The van der Waals surface area contributed by atoms with Gasteiger partial charge < -0.3 is 15.4 Å². The van der Waals surface area contributed by atoms with E-state index in [0.29, 0.717) is 28.0 Å². The third-order valence-electron chi connectivity index (χ3n) is 2.83. The Morgan fingerprint density at radius 1 is 1.33 bits per heavy atom. The highest BCUT2D eigenvalue weighted by Gasteiger charge is 2.18. The second-order valence-electron chi connectivity index (χ2n) is 4.35. The Kier molecular flexibility index (Phi) is 3.45. The molecule has 0 spiro atoms. The number of pyridine rings is 1. The minimum absolute atomic E-state index is 0.0228. The number of fused-ring (bicyclic) bond motifs is 1. The molecule has 0 unspecified atom stereocenters. The van der Waals surface area contributed by atoms with Crippen molar-refractivity contribution in [2.45, 2.75) is 0 Å². The first-order valence-corrected chi connectivity index (χ1v) is 6.50. The summed E-state index contributed by atoms with van der Waals surface area (Å²) in [4.78, 5) is 27.4. The molecule has 7 heteroatoms. The van der Waals surface area contributed by atoms with Crippen LogP contribution in [0.2, 0.25) is 5.15 Å². The average molecular weight is 304 g/mol. The minimum atomic E-state index is -0.354. The number of amides is 2. The molecule has 0 saturated carbocycles. The van der Waals surface area contributed by atoms with E-state index in [4.69, 9.17) is 16.3 Å². The molecule has 2 heterocycles. The summed E-state index contributed by atoms with van der Waals surface area (Å²) < 4.78 is 5.23. The molecule has 2 N–H and O–H groups in total. The van der Waals surface area contributed by atoms with Gasteiger partial charge in [-0.25, -0.2) is 4.98 Å². The van der Waals surface area contributed by atoms with Crippen LogP contribution in [0.15, 0.2) is 36.4 Å². The number of ether oxygens (including phenoxy) is 1. The number of benzene rings is 1. The molecule has 1 aromatic heterocycles. The standard InChI is InChI=1S/C14H10ClN3O3/c15-11-2-1-3-12(17-11)18-14(20)8-4-5-10-9(6-8)16-13(19)7-21-10/h1-6H,7H2,(H,16,19)(H,17,18,20). The van der Waals surface area contributed by atoms with Crippen LogP contribution in [-0.2, 0) is 4.79 Å². The molecule has 0 bridgehead atoms. The van der Waals surface area contributed by atoms with Gasteiger partial charge in [-0.15, -0.1) is 0 Å². The quantitative estimate of drug-likeness (QED) is 0.834. The first-order chi connectivity index (χ1) is 10.1. The predicted octanol–water partition coefficient (Wildman–Crippen LogP) is 2.32. The topological polar surface area (TPSA) is 80.3 Å². The van der Waals surface area contributed by atoms with Gasteiger partial charge in [0.2, 0.25) is 0 Å². The highest BCUT2D eigenvalue weighted by molar-refractivity contribution is 6.29. The number of hydrogen-bond donors (Lipinski definition) is 2. The van der Waals surface area contributed by atoms with Crippen molar-refractivity contribution in [3.8, 4) is 5.75 Å². The summed E-state index contributed by atoms with van der Waals surface area (Å²) in [5.41, 5.74) is 0.847. The zero-order valence-corrected chi connectivity index (χ0v) is 11.5. The van der Waals surface area contributed by atoms with Crippen molar-refractivity contribution < 1.29 is 14.3 Å². The third kappa shape index (κ3) is 2.95. The van der Waals surface area contributed by atoms with E-state index in [0.717, 1.165) is 0 Å². The fraction of sp³-hybridized carbons (Fsp3) is 0.0714. The van der Waals surface area contributed by atoms with Crippen molar-refractivity contribution in [1.29, 1.82) is 0 Å². The predicted molar refractivity (Wildman–Crippen MR) is 77.8 cm³/mol. The Morgan fingerprint density at radius 3 is 3.00 bits per heavy atom. The van der Waals surface area contributed by atoms with Gasteiger partial charge >= 0.3 is 0 Å². The fourth-order valence-corrected chi connectivity index (χ4v) is 2.05. The molecule has 0 aliphatic carbocycles. The number of rotatable bonds is 2. The summed E-state index contributed by atoms with van der Waals surface area (Å²) in [6, 6.07) is 9.72. The van der Waals surface area contributed by atoms with Gasteiger partial charge in [0.05, 0.1) is 5.69 Å². The Balaban J connectivity index is 1.82. The van der Waals surface area contributed by atoms with Crippen LogP contribution in [0.5, 0.6) is 5.75 Å². The van der Waals surface area contributed by atoms with E-state index in [-0.39, 0.29) is 18.4 Å². The molecule has 0 fully saturated rings. The van der Waals surface area contributed by atoms with Gasteiger partial charge in [0.15, 0.2) is 6.61 Å². The van der Waals surface area contributed by atoms with E-state index in [9.17, 15) is 9.59 Å². The zero-order chi connectivity index (χ0) is 14.8. The highest BCUT2D eigenvalue weighted by atomic mass is 35.5. The maximum Gasteiger partial charge on any atom is 0.262 e. The first kappa shape index (κ1) is 13.4. The zero-order valence-electron chi connectivity index (χ0n) is 10.7. The molecule has 2 aromatic rings. The lowest BCUT2D eigenvalue weighted by atomic mass is 10.1. The van der Waals surface area contributed by atoms with Gasteiger partial charge in [-0.1, -0.05) is 17.7 Å². The molecular weight excluding hydrogens is 294 g/mol. The SMILES string of the molecule is O=C1COc2ccc(C(=O)Nc3cccc(Cl)n3)cc2N1. The van der Waals surface area contributed by atoms with Gasteiger partial charge in [-0.2, -0.15) is 0 Å². The number of nitrogens with zero attached hydrogens (tertiary/aromatic N) is 1. The lowest BCUT2D eigenvalue weighted by Gasteiger charge is -2.18. The Morgan fingerprint density at radius 2 is 2.19 bits per heavy atom. The summed E-state index contributed by atoms with van der Waals surface area (Å²) in [5.74, 6) is 0.279. The molecule has 106 valence electrons. The van der Waals surface area contributed by atoms with Gasteiger partial charge in [0, 0.05) is 5.56 Å². The van der Waals surface area contributed by atoms with E-state index >= 15 is 0 Å². The van der Waals surface area contributed by atoms with Crippen molar-refractivity contribution in [2.75, 3.05) is 17.2 Å². The number of hydrogen-bond acceptors (Lipinski definition) is 4. The Bertz CT molecular complexity index is 733. The number of carbonyl (C=O) groups excluding carboxylic acids is 2. The summed E-state index contributed by atoms with van der Waals surface area (Å²) in [7, 11) is 0. The molecule has 0 atom stereocenters. The van der Waals surface area contributed by atoms with Crippen LogP contribution in [0.3, 0.4) is 0 Å². The summed E-state index contributed by atoms with van der Waals surface area (Å²) in [5, 5.41) is 5.57. The molecule has 1 aliphatic heterocycles. The van der Waals surface area contributed by atoms with Crippen molar-refractivity contribution in [2.24, 2.45) is 0 Å². The van der Waals surface area contributed by atoms with Crippen molar-refractivity contribution in [1.82, 2.24) is 4.98 Å². The van der Waals surface area contributed by atoms with Gasteiger partial charge in [-0.05, 0) is 30.3 Å². The summed E-state index contributed by atoms with van der Waals surface area (Å²) in [6.45, 7) is -0.0228. The molecule has 3 rings (SSSR count). The second-order valence-corrected chi connectivity index (χ2v) is 4.73. The average Bonchev–Trinajstić information content (AvgIpc) is 2.46. The van der Waals surface area contributed by atoms with Gasteiger partial charge in [-0.3, -0.25) is 9.59 Å². The second kappa shape index (κ2) is 5.41. The van der Waals surface area contributed by atoms with Crippen LogP contribution in [0.25, 0.3) is 0 Å². The Hall–Kier alpha value is -2.60. The highest BCUT2D eigenvalue weighted by Crippen LogP contribution is 2.28. The molecule has 1 aromatic carbocycles. The molecule has 0 radical (unpaired) electrons. The van der Waals surface area contributed by atoms with E-state index < -0.39 is 0 Å². The largest absolute Gasteiger partial charge is 0.482 e. The molecule has 6 nitrogen and oxygen atoms in total. The van der Waals surface area contributed by atoms with Crippen LogP contribution >= 0.6 is 11.6 Å². The molecular formula is C14H10ClN3O3. The summed E-state index contributed by atoms with van der Waals surface area (Å²) in [6.07, 6.45) is 0. The monoisotopic (exact) mass is 303 g/mol. The fourth-order valence-electron chi connectivity index (χ4n) is 1.89. The Labute approximate surface area is 125 Å². The molecule has 1 aliphatic rings. The smallest absolute Gasteiger partial charge is 0.262 e. The molecule has 2 amide bonds. The van der Waals surface area contributed by atoms with Crippen LogP contribution < -0.4 is 15.4 Å². The van der Waals surface area contributed by atoms with E-state index in [1.807, 2.05) is 0 Å². The van der Waals surface area contributed by atoms with Crippen LogP contribution in [0.1, 0.15) is 10.4 Å². The summed E-state index contributed by atoms with van der Waals surface area (Å²) >= 11 is 5.76. The van der Waals surface area contributed by atoms with E-state index in [2.05, 4.69) is 15.6 Å². The van der Waals surface area contributed by atoms with Crippen molar-refractivity contribution in [3.63, 3.8) is 0 Å². The number of aromatic nitrogens is 1. The number of carbonyl (C=O) groups is 2. The van der Waals surface area contributed by atoms with Crippen LogP contribution in [0.4, 0.5) is 11.5 Å². The minimum Gasteiger partial charge on any atom is -0.482 e. The molecule has 0 saturated heterocycles. The van der Waals surface area contributed by atoms with Crippen LogP contribution in [0, 0.1) is 0 Å². The number of nitrogens with one attached hydrogen (secondary N) is 2. The number of anilines is 2. The van der Waals surface area contributed by atoms with Gasteiger partial charge in [0.1, 0.15) is 16.7 Å². The maximum atomic E-state index is 12.1. The lowest BCUT2D eigenvalue weighted by molar-refractivity contribution is -0.118. The van der Waals surface area contributed by atoms with E-state index in [1.54, 1.807) is 36.4 Å². The van der Waals surface area contributed by atoms with Crippen molar-refractivity contribution in [3.05, 3.63) is 47.1 Å².